The van der Waals surface area contributed by atoms with Crippen LogP contribution in [0.25, 0.3) is 6.08 Å². The zero-order valence-corrected chi connectivity index (χ0v) is 11.2. The molecule has 0 saturated heterocycles. The highest BCUT2D eigenvalue weighted by Crippen LogP contribution is 2.41. The average Bonchev–Trinajstić information content (AvgIpc) is 2.35. The van der Waals surface area contributed by atoms with Crippen LogP contribution >= 0.6 is 0 Å². The van der Waals surface area contributed by atoms with Gasteiger partial charge in [-0.25, -0.2) is 0 Å². The minimum absolute atomic E-state index is 0.381. The zero-order chi connectivity index (χ0) is 13.3. The highest BCUT2D eigenvalue weighted by molar-refractivity contribution is 5.70. The van der Waals surface area contributed by atoms with E-state index in [-0.39, 0.29) is 5.60 Å². The Morgan fingerprint density at radius 2 is 1.78 bits per heavy atom. The standard InChI is InChI=1S/C15H18O3/c1-6-11-7-10-8-13(16-4)14(17-5)9-12(10)18-15(11,2)3/h6-9H,1H2,2-5H3. The Morgan fingerprint density at radius 3 is 2.33 bits per heavy atom. The summed E-state index contributed by atoms with van der Waals surface area (Å²) in [5.74, 6) is 2.16. The molecule has 0 spiro atoms. The molecule has 3 heteroatoms. The summed E-state index contributed by atoms with van der Waals surface area (Å²) in [6.45, 7) is 7.85. The summed E-state index contributed by atoms with van der Waals surface area (Å²) in [7, 11) is 3.24. The third-order valence-corrected chi connectivity index (χ3v) is 3.11. The van der Waals surface area contributed by atoms with Gasteiger partial charge < -0.3 is 14.2 Å². The molecule has 0 fully saturated rings. The third-order valence-electron chi connectivity index (χ3n) is 3.11. The molecule has 0 radical (unpaired) electrons. The Balaban J connectivity index is 2.58. The van der Waals surface area contributed by atoms with Crippen LogP contribution in [0.4, 0.5) is 0 Å². The van der Waals surface area contributed by atoms with E-state index < -0.39 is 0 Å². The predicted molar refractivity (Wildman–Crippen MR) is 72.4 cm³/mol. The maximum absolute atomic E-state index is 5.99. The fourth-order valence-electron chi connectivity index (χ4n) is 2.06. The lowest BCUT2D eigenvalue weighted by Gasteiger charge is -2.33. The van der Waals surface area contributed by atoms with Gasteiger partial charge in [-0.15, -0.1) is 0 Å². The fraction of sp³-hybridized carbons (Fsp3) is 0.333. The van der Waals surface area contributed by atoms with Gasteiger partial charge in [-0.05, 0) is 31.6 Å². The van der Waals surface area contributed by atoms with Crippen molar-refractivity contribution < 1.29 is 14.2 Å². The first-order valence-corrected chi connectivity index (χ1v) is 5.81. The van der Waals surface area contributed by atoms with Crippen LogP contribution in [0.1, 0.15) is 19.4 Å². The molecule has 1 aromatic carbocycles. The van der Waals surface area contributed by atoms with Gasteiger partial charge in [-0.1, -0.05) is 12.7 Å². The van der Waals surface area contributed by atoms with Crippen LogP contribution in [0.3, 0.4) is 0 Å². The Hall–Kier alpha value is -1.90. The summed E-state index contributed by atoms with van der Waals surface area (Å²) in [5, 5.41) is 0. The number of hydrogen-bond donors (Lipinski definition) is 0. The summed E-state index contributed by atoms with van der Waals surface area (Å²) in [5.41, 5.74) is 1.64. The Kier molecular flexibility index (Phi) is 3.07. The minimum atomic E-state index is -0.381. The molecule has 0 aliphatic carbocycles. The minimum Gasteiger partial charge on any atom is -0.493 e. The second kappa shape index (κ2) is 4.41. The molecule has 1 aromatic rings. The molecule has 2 rings (SSSR count). The van der Waals surface area contributed by atoms with E-state index in [1.54, 1.807) is 14.2 Å². The van der Waals surface area contributed by atoms with Crippen LogP contribution in [-0.2, 0) is 0 Å². The van der Waals surface area contributed by atoms with Crippen molar-refractivity contribution in [1.82, 2.24) is 0 Å². The van der Waals surface area contributed by atoms with E-state index in [0.29, 0.717) is 11.5 Å². The molecule has 3 nitrogen and oxygen atoms in total. The molecule has 1 aliphatic heterocycles. The molecule has 0 unspecified atom stereocenters. The number of benzene rings is 1. The van der Waals surface area contributed by atoms with Gasteiger partial charge in [0.1, 0.15) is 11.4 Å². The van der Waals surface area contributed by atoms with E-state index in [1.165, 1.54) is 0 Å². The molecule has 0 saturated carbocycles. The van der Waals surface area contributed by atoms with Crippen molar-refractivity contribution in [1.29, 1.82) is 0 Å². The van der Waals surface area contributed by atoms with Gasteiger partial charge in [0.05, 0.1) is 14.2 Å². The molecule has 0 atom stereocenters. The molecular weight excluding hydrogens is 228 g/mol. The maximum Gasteiger partial charge on any atom is 0.164 e. The number of fused-ring (bicyclic) bond motifs is 1. The first kappa shape index (κ1) is 12.6. The Bertz CT molecular complexity index is 513. The molecule has 0 N–H and O–H groups in total. The summed E-state index contributed by atoms with van der Waals surface area (Å²) in [6, 6.07) is 3.76. The molecule has 1 aliphatic rings. The van der Waals surface area contributed by atoms with Crippen LogP contribution in [0.5, 0.6) is 17.2 Å². The van der Waals surface area contributed by atoms with E-state index in [1.807, 2.05) is 32.1 Å². The van der Waals surface area contributed by atoms with Crippen LogP contribution in [0, 0.1) is 0 Å². The lowest BCUT2D eigenvalue weighted by molar-refractivity contribution is 0.148. The summed E-state index contributed by atoms with van der Waals surface area (Å²) < 4.78 is 16.6. The van der Waals surface area contributed by atoms with Gasteiger partial charge in [0, 0.05) is 11.6 Å². The first-order valence-electron chi connectivity index (χ1n) is 5.81. The summed E-state index contributed by atoms with van der Waals surface area (Å²) in [6.07, 6.45) is 3.88. The number of ether oxygens (including phenoxy) is 3. The number of rotatable bonds is 3. The third kappa shape index (κ3) is 1.96. The van der Waals surface area contributed by atoms with Crippen molar-refractivity contribution in [3.63, 3.8) is 0 Å². The second-order valence-electron chi connectivity index (χ2n) is 4.66. The lowest BCUT2D eigenvalue weighted by Crippen LogP contribution is -2.32. The van der Waals surface area contributed by atoms with E-state index in [0.717, 1.165) is 16.9 Å². The van der Waals surface area contributed by atoms with Crippen LogP contribution in [-0.4, -0.2) is 19.8 Å². The number of methoxy groups -OCH3 is 2. The van der Waals surface area contributed by atoms with Crippen molar-refractivity contribution in [3.8, 4) is 17.2 Å². The van der Waals surface area contributed by atoms with E-state index in [4.69, 9.17) is 14.2 Å². The highest BCUT2D eigenvalue weighted by Gasteiger charge is 2.29. The van der Waals surface area contributed by atoms with Crippen molar-refractivity contribution >= 4 is 6.08 Å². The van der Waals surface area contributed by atoms with Crippen LogP contribution < -0.4 is 14.2 Å². The zero-order valence-electron chi connectivity index (χ0n) is 11.2. The monoisotopic (exact) mass is 246 g/mol. The summed E-state index contributed by atoms with van der Waals surface area (Å²) >= 11 is 0. The van der Waals surface area contributed by atoms with Crippen molar-refractivity contribution in [2.75, 3.05) is 14.2 Å². The van der Waals surface area contributed by atoms with Gasteiger partial charge >= 0.3 is 0 Å². The van der Waals surface area contributed by atoms with E-state index in [9.17, 15) is 0 Å². The maximum atomic E-state index is 5.99. The number of hydrogen-bond acceptors (Lipinski definition) is 3. The average molecular weight is 246 g/mol. The quantitative estimate of drug-likeness (QED) is 0.817. The lowest BCUT2D eigenvalue weighted by atomic mass is 9.92. The summed E-state index contributed by atoms with van der Waals surface area (Å²) in [4.78, 5) is 0. The highest BCUT2D eigenvalue weighted by atomic mass is 16.5. The van der Waals surface area contributed by atoms with Gasteiger partial charge in [0.2, 0.25) is 0 Å². The van der Waals surface area contributed by atoms with Gasteiger partial charge in [0.15, 0.2) is 11.5 Å². The van der Waals surface area contributed by atoms with Crippen molar-refractivity contribution in [2.24, 2.45) is 0 Å². The molecule has 18 heavy (non-hydrogen) atoms. The van der Waals surface area contributed by atoms with E-state index >= 15 is 0 Å². The second-order valence-corrected chi connectivity index (χ2v) is 4.66. The molecule has 0 amide bonds. The largest absolute Gasteiger partial charge is 0.493 e. The Morgan fingerprint density at radius 1 is 1.17 bits per heavy atom. The molecule has 1 heterocycles. The van der Waals surface area contributed by atoms with Crippen LogP contribution in [0.2, 0.25) is 0 Å². The van der Waals surface area contributed by atoms with Crippen molar-refractivity contribution in [3.05, 3.63) is 35.9 Å². The molecular formula is C15H18O3. The smallest absolute Gasteiger partial charge is 0.164 e. The van der Waals surface area contributed by atoms with Gasteiger partial charge in [0.25, 0.3) is 0 Å². The SMILES string of the molecule is C=CC1=Cc2cc(OC)c(OC)cc2OC1(C)C. The molecule has 96 valence electrons. The fourth-order valence-corrected chi connectivity index (χ4v) is 2.06. The topological polar surface area (TPSA) is 27.7 Å². The van der Waals surface area contributed by atoms with E-state index in [2.05, 4.69) is 12.7 Å². The van der Waals surface area contributed by atoms with Crippen LogP contribution in [0.15, 0.2) is 30.4 Å². The Labute approximate surface area is 108 Å². The predicted octanol–water partition coefficient (Wildman–Crippen LogP) is 3.44. The first-order chi connectivity index (χ1) is 8.51. The van der Waals surface area contributed by atoms with Gasteiger partial charge in [-0.3, -0.25) is 0 Å². The normalized spacial score (nSPS) is 16.1. The van der Waals surface area contributed by atoms with Gasteiger partial charge in [-0.2, -0.15) is 0 Å². The molecule has 0 bridgehead atoms. The van der Waals surface area contributed by atoms with Crippen molar-refractivity contribution in [2.45, 2.75) is 19.4 Å². The molecule has 0 aromatic heterocycles.